The fraction of sp³-hybridized carbons (Fsp3) is 0.224. The molecule has 2 atom stereocenters. The molecule has 0 fully saturated rings. The summed E-state index contributed by atoms with van der Waals surface area (Å²) in [5, 5.41) is 0. The molecule has 55 heavy (non-hydrogen) atoms. The first-order valence-corrected chi connectivity index (χ1v) is 19.6. The van der Waals surface area contributed by atoms with Crippen molar-refractivity contribution in [3.63, 3.8) is 0 Å². The monoisotopic (exact) mass is 718 g/mol. The van der Waals surface area contributed by atoms with Crippen molar-refractivity contribution in [2.45, 2.75) is 68.2 Å². The van der Waals surface area contributed by atoms with Crippen LogP contribution >= 0.6 is 0 Å². The van der Waals surface area contributed by atoms with Gasteiger partial charge in [-0.15, -0.1) is 26.3 Å². The van der Waals surface area contributed by atoms with Gasteiger partial charge in [-0.3, -0.25) is 0 Å². The van der Waals surface area contributed by atoms with E-state index in [0.29, 0.717) is 0 Å². The van der Waals surface area contributed by atoms with Crippen LogP contribution in [0.25, 0.3) is 0 Å². The third-order valence-corrected chi connectivity index (χ3v) is 10.5. The minimum Gasteiger partial charge on any atom is -0.349 e. The second-order valence-electron chi connectivity index (χ2n) is 14.3. The highest BCUT2D eigenvalue weighted by molar-refractivity contribution is 6.40. The molecular weight excluding hydrogens is 666 g/mol. The fourth-order valence-electron chi connectivity index (χ4n) is 7.77. The zero-order valence-corrected chi connectivity index (χ0v) is 32.0. The van der Waals surface area contributed by atoms with Crippen molar-refractivity contribution < 1.29 is 0 Å². The number of hydrogen-bond donors (Lipinski definition) is 2. The quantitative estimate of drug-likeness (QED) is 0.0417. The average molecular weight is 719 g/mol. The van der Waals surface area contributed by atoms with Crippen molar-refractivity contribution in [1.29, 1.82) is 0 Å². The molecule has 2 unspecified atom stereocenters. The van der Waals surface area contributed by atoms with E-state index in [4.69, 9.17) is 9.97 Å². The summed E-state index contributed by atoms with van der Waals surface area (Å²) in [6, 6.07) is 36.1. The van der Waals surface area contributed by atoms with E-state index in [-0.39, 0.29) is 23.5 Å². The summed E-state index contributed by atoms with van der Waals surface area (Å²) in [5.41, 5.74) is 10.1. The number of allylic oxidation sites excluding steroid dienone is 4. The molecule has 4 aromatic carbocycles. The third kappa shape index (κ3) is 10.3. The van der Waals surface area contributed by atoms with Gasteiger partial charge in [0.2, 0.25) is 0 Å². The highest BCUT2D eigenvalue weighted by Gasteiger charge is 2.31. The van der Waals surface area contributed by atoms with Gasteiger partial charge in [-0.25, -0.2) is 9.97 Å². The van der Waals surface area contributed by atoms with E-state index in [9.17, 15) is 0 Å². The molecule has 2 radical (unpaired) electrons. The predicted octanol–water partition coefficient (Wildman–Crippen LogP) is 11.1. The molecule has 0 saturated carbocycles. The number of rotatable bonds is 22. The molecule has 2 N–H and O–H groups in total. The van der Waals surface area contributed by atoms with Crippen LogP contribution in [0.1, 0.15) is 86.0 Å². The largest absolute Gasteiger partial charge is 0.349 e. The third-order valence-electron chi connectivity index (χ3n) is 10.5. The standard InChI is InChI=1S/C49H52B2N4/c1-5-10-36-14-22-40(23-15-36)44(41-24-16-37(11-6-2)17-25-41)46(48-52-32-33-53-48)50-30-9-31-51-47(49-54-34-35-55-49)45(42-26-18-38(12-7-3)19-27-42)43-28-20-39(13-8-4)21-29-43/h5-8,14-29,32-35,44-47H,1-4,9-13,30-31H2,(H,52,53)(H,54,55). The van der Waals surface area contributed by atoms with E-state index in [1.54, 1.807) is 0 Å². The number of benzene rings is 4. The number of H-pyrrole nitrogens is 2. The van der Waals surface area contributed by atoms with Gasteiger partial charge in [0.05, 0.1) is 0 Å². The van der Waals surface area contributed by atoms with Crippen molar-refractivity contribution in [2.75, 3.05) is 0 Å². The Bertz CT molecular complexity index is 1790. The molecule has 0 aliphatic rings. The normalized spacial score (nSPS) is 12.3. The maximum atomic E-state index is 4.82. The molecular formula is C49H52B2N4. The zero-order chi connectivity index (χ0) is 38.2. The van der Waals surface area contributed by atoms with Gasteiger partial charge in [0.15, 0.2) is 0 Å². The first-order chi connectivity index (χ1) is 27.1. The highest BCUT2D eigenvalue weighted by Crippen LogP contribution is 2.40. The molecule has 0 aliphatic carbocycles. The molecule has 274 valence electrons. The van der Waals surface area contributed by atoms with Gasteiger partial charge in [0.1, 0.15) is 26.2 Å². The number of hydrogen-bond acceptors (Lipinski definition) is 2. The van der Waals surface area contributed by atoms with Crippen LogP contribution in [0.5, 0.6) is 0 Å². The summed E-state index contributed by atoms with van der Waals surface area (Å²) in [5.74, 6) is 2.27. The summed E-state index contributed by atoms with van der Waals surface area (Å²) >= 11 is 0. The Morgan fingerprint density at radius 1 is 0.455 bits per heavy atom. The van der Waals surface area contributed by atoms with Gasteiger partial charge in [0, 0.05) is 36.6 Å². The van der Waals surface area contributed by atoms with Gasteiger partial charge in [-0.05, 0) is 81.8 Å². The Balaban J connectivity index is 1.24. The van der Waals surface area contributed by atoms with Gasteiger partial charge in [-0.2, -0.15) is 0 Å². The van der Waals surface area contributed by atoms with Crippen molar-refractivity contribution >= 4 is 14.6 Å². The van der Waals surface area contributed by atoms with Crippen LogP contribution in [0.4, 0.5) is 0 Å². The van der Waals surface area contributed by atoms with Crippen LogP contribution in [0.15, 0.2) is 172 Å². The van der Waals surface area contributed by atoms with Crippen molar-refractivity contribution in [1.82, 2.24) is 19.9 Å². The molecule has 0 amide bonds. The van der Waals surface area contributed by atoms with E-state index in [2.05, 4.69) is 148 Å². The van der Waals surface area contributed by atoms with E-state index < -0.39 is 0 Å². The zero-order valence-electron chi connectivity index (χ0n) is 32.0. The molecule has 4 nitrogen and oxygen atoms in total. The minimum absolute atomic E-state index is 0.0577. The molecule has 6 aromatic rings. The topological polar surface area (TPSA) is 57.4 Å². The van der Waals surface area contributed by atoms with Crippen LogP contribution in [0.2, 0.25) is 12.6 Å². The Morgan fingerprint density at radius 2 is 0.745 bits per heavy atom. The Morgan fingerprint density at radius 3 is 0.982 bits per heavy atom. The highest BCUT2D eigenvalue weighted by atomic mass is 14.9. The first kappa shape index (κ1) is 39.1. The predicted molar refractivity (Wildman–Crippen MR) is 233 cm³/mol. The number of aromatic nitrogens is 4. The number of imidazole rings is 2. The van der Waals surface area contributed by atoms with Crippen LogP contribution in [-0.4, -0.2) is 34.5 Å². The Kier molecular flexibility index (Phi) is 14.3. The molecule has 0 saturated heterocycles. The summed E-state index contributed by atoms with van der Waals surface area (Å²) in [6.45, 7) is 15.8. The number of nitrogens with zero attached hydrogens (tertiary/aromatic N) is 2. The number of aromatic amines is 2. The lowest BCUT2D eigenvalue weighted by Crippen LogP contribution is -2.22. The van der Waals surface area contributed by atoms with Crippen LogP contribution in [0.3, 0.4) is 0 Å². The van der Waals surface area contributed by atoms with Crippen molar-refractivity contribution in [3.8, 4) is 0 Å². The maximum Gasteiger partial charge on any atom is 0.124 e. The van der Waals surface area contributed by atoms with Crippen LogP contribution < -0.4 is 0 Å². The van der Waals surface area contributed by atoms with Gasteiger partial charge in [0.25, 0.3) is 0 Å². The van der Waals surface area contributed by atoms with Crippen molar-refractivity contribution in [2.24, 2.45) is 0 Å². The molecule has 6 rings (SSSR count). The maximum absolute atomic E-state index is 4.82. The summed E-state index contributed by atoms with van der Waals surface area (Å²) in [7, 11) is 4.95. The average Bonchev–Trinajstić information content (AvgIpc) is 3.96. The van der Waals surface area contributed by atoms with E-state index >= 15 is 0 Å². The molecule has 0 aliphatic heterocycles. The lowest BCUT2D eigenvalue weighted by Gasteiger charge is -2.28. The van der Waals surface area contributed by atoms with Gasteiger partial charge in [-0.1, -0.05) is 140 Å². The Hall–Kier alpha value is -5.61. The Labute approximate surface area is 330 Å². The summed E-state index contributed by atoms with van der Waals surface area (Å²) in [4.78, 5) is 16.6. The second kappa shape index (κ2) is 20.2. The fourth-order valence-corrected chi connectivity index (χ4v) is 7.77. The minimum atomic E-state index is 0.0577. The molecule has 0 spiro atoms. The lowest BCUT2D eigenvalue weighted by atomic mass is 9.50. The van der Waals surface area contributed by atoms with E-state index in [1.165, 1.54) is 44.5 Å². The molecule has 2 heterocycles. The van der Waals surface area contributed by atoms with E-state index in [0.717, 1.165) is 56.4 Å². The second-order valence-corrected chi connectivity index (χ2v) is 14.3. The summed E-state index contributed by atoms with van der Waals surface area (Å²) in [6.07, 6.45) is 21.7. The molecule has 2 aromatic heterocycles. The van der Waals surface area contributed by atoms with Crippen molar-refractivity contribution in [3.05, 3.63) is 229 Å². The SMILES string of the molecule is C=CCc1ccc(C(c2ccc(CC=C)cc2)C([B]CCC[B]C(c2ncc[nH]2)C(c2ccc(CC=C)cc2)c2ccc(CC=C)cc2)c2ncc[nH]2)cc1. The van der Waals surface area contributed by atoms with Crippen LogP contribution in [-0.2, 0) is 25.7 Å². The smallest absolute Gasteiger partial charge is 0.124 e. The number of nitrogens with one attached hydrogen (secondary N) is 2. The molecule has 6 heteroatoms. The van der Waals surface area contributed by atoms with Gasteiger partial charge < -0.3 is 9.97 Å². The molecule has 0 bridgehead atoms. The summed E-state index contributed by atoms with van der Waals surface area (Å²) < 4.78 is 0. The first-order valence-electron chi connectivity index (χ1n) is 19.6. The van der Waals surface area contributed by atoms with Crippen LogP contribution in [0, 0.1) is 0 Å². The van der Waals surface area contributed by atoms with Gasteiger partial charge >= 0.3 is 0 Å². The van der Waals surface area contributed by atoms with E-state index in [1.807, 2.05) is 49.1 Å². The lowest BCUT2D eigenvalue weighted by molar-refractivity contribution is 0.718.